The van der Waals surface area contributed by atoms with Gasteiger partial charge in [-0.1, -0.05) is 19.1 Å². The van der Waals surface area contributed by atoms with Crippen molar-refractivity contribution in [2.45, 2.75) is 38.6 Å². The molecule has 1 heteroatoms. The molecule has 0 aromatic heterocycles. The van der Waals surface area contributed by atoms with Crippen LogP contribution in [-0.2, 0) is 0 Å². The molecule has 0 aromatic rings. The highest BCUT2D eigenvalue weighted by Gasteiger charge is 2.20. The smallest absolute Gasteiger partial charge is 0.00824 e. The average Bonchev–Trinajstić information content (AvgIpc) is 2.05. The standard InChI is InChI=1S/C11H17N/c1-8-2-3-10-7-11(12)5-4-9(10)6-8/h3,6,8,11H,2,4-5,7,12H2,1H3/t8-,11?/m1/s1. The van der Waals surface area contributed by atoms with Gasteiger partial charge in [0.05, 0.1) is 0 Å². The maximum Gasteiger partial charge on any atom is 0.00824 e. The molecule has 2 aliphatic rings. The number of rotatable bonds is 0. The van der Waals surface area contributed by atoms with Crippen LogP contribution in [0.15, 0.2) is 23.3 Å². The molecule has 1 saturated carbocycles. The van der Waals surface area contributed by atoms with Crippen LogP contribution in [-0.4, -0.2) is 6.04 Å². The van der Waals surface area contributed by atoms with Gasteiger partial charge in [-0.15, -0.1) is 0 Å². The third-order valence-electron chi connectivity index (χ3n) is 2.90. The van der Waals surface area contributed by atoms with E-state index in [0.717, 1.165) is 12.3 Å². The summed E-state index contributed by atoms with van der Waals surface area (Å²) in [4.78, 5) is 0. The molecule has 0 saturated heterocycles. The Balaban J connectivity index is 2.16. The summed E-state index contributed by atoms with van der Waals surface area (Å²) in [5.74, 6) is 0.748. The van der Waals surface area contributed by atoms with Crippen molar-refractivity contribution in [3.63, 3.8) is 0 Å². The molecule has 0 aliphatic heterocycles. The summed E-state index contributed by atoms with van der Waals surface area (Å²) >= 11 is 0. The van der Waals surface area contributed by atoms with Crippen LogP contribution in [0.3, 0.4) is 0 Å². The molecule has 0 aromatic carbocycles. The zero-order valence-electron chi connectivity index (χ0n) is 7.72. The zero-order chi connectivity index (χ0) is 8.55. The van der Waals surface area contributed by atoms with Crippen LogP contribution in [0.5, 0.6) is 0 Å². The lowest BCUT2D eigenvalue weighted by Crippen LogP contribution is -2.26. The lowest BCUT2D eigenvalue weighted by atomic mass is 9.80. The fourth-order valence-corrected chi connectivity index (χ4v) is 2.16. The van der Waals surface area contributed by atoms with Crippen LogP contribution >= 0.6 is 0 Å². The molecule has 12 heavy (non-hydrogen) atoms. The third-order valence-corrected chi connectivity index (χ3v) is 2.90. The van der Waals surface area contributed by atoms with E-state index in [1.807, 2.05) is 0 Å². The monoisotopic (exact) mass is 163 g/mol. The fraction of sp³-hybridized carbons (Fsp3) is 0.636. The summed E-state index contributed by atoms with van der Waals surface area (Å²) < 4.78 is 0. The Morgan fingerprint density at radius 2 is 2.25 bits per heavy atom. The Hall–Kier alpha value is -0.560. The van der Waals surface area contributed by atoms with Crippen LogP contribution in [0, 0.1) is 5.92 Å². The van der Waals surface area contributed by atoms with Gasteiger partial charge in [0.25, 0.3) is 0 Å². The predicted octanol–water partition coefficient (Wildman–Crippen LogP) is 2.39. The van der Waals surface area contributed by atoms with Crippen molar-refractivity contribution in [3.8, 4) is 0 Å². The van der Waals surface area contributed by atoms with E-state index < -0.39 is 0 Å². The molecule has 0 bridgehead atoms. The summed E-state index contributed by atoms with van der Waals surface area (Å²) in [5.41, 5.74) is 9.02. The maximum absolute atomic E-state index is 5.91. The van der Waals surface area contributed by atoms with Crippen molar-refractivity contribution in [2.24, 2.45) is 11.7 Å². The van der Waals surface area contributed by atoms with E-state index in [0.29, 0.717) is 6.04 Å². The highest BCUT2D eigenvalue weighted by atomic mass is 14.6. The molecule has 0 radical (unpaired) electrons. The summed E-state index contributed by atoms with van der Waals surface area (Å²) in [7, 11) is 0. The van der Waals surface area contributed by atoms with Crippen molar-refractivity contribution in [3.05, 3.63) is 23.3 Å². The molecular weight excluding hydrogens is 146 g/mol. The van der Waals surface area contributed by atoms with E-state index >= 15 is 0 Å². The molecule has 0 heterocycles. The Morgan fingerprint density at radius 3 is 3.08 bits per heavy atom. The highest BCUT2D eigenvalue weighted by Crippen LogP contribution is 2.33. The number of nitrogens with two attached hydrogens (primary N) is 1. The number of hydrogen-bond donors (Lipinski definition) is 1. The predicted molar refractivity (Wildman–Crippen MR) is 51.8 cm³/mol. The first kappa shape index (κ1) is 8.06. The van der Waals surface area contributed by atoms with E-state index in [1.165, 1.54) is 24.8 Å². The quantitative estimate of drug-likeness (QED) is 0.583. The minimum absolute atomic E-state index is 0.418. The summed E-state index contributed by atoms with van der Waals surface area (Å²) in [6, 6.07) is 0.418. The Kier molecular flexibility index (Phi) is 2.05. The van der Waals surface area contributed by atoms with E-state index in [4.69, 9.17) is 5.73 Å². The van der Waals surface area contributed by atoms with Crippen LogP contribution in [0.25, 0.3) is 0 Å². The fourth-order valence-electron chi connectivity index (χ4n) is 2.16. The summed E-state index contributed by atoms with van der Waals surface area (Å²) in [6.07, 6.45) is 9.53. The second-order valence-corrected chi connectivity index (χ2v) is 4.14. The topological polar surface area (TPSA) is 26.0 Å². The molecule has 2 rings (SSSR count). The second kappa shape index (κ2) is 3.06. The Labute approximate surface area is 74.3 Å². The highest BCUT2D eigenvalue weighted by molar-refractivity contribution is 5.37. The minimum atomic E-state index is 0.418. The van der Waals surface area contributed by atoms with Gasteiger partial charge in [0.1, 0.15) is 0 Å². The first-order chi connectivity index (χ1) is 5.75. The van der Waals surface area contributed by atoms with Crippen molar-refractivity contribution >= 4 is 0 Å². The third kappa shape index (κ3) is 1.46. The van der Waals surface area contributed by atoms with Crippen LogP contribution in [0.2, 0.25) is 0 Å². The van der Waals surface area contributed by atoms with Crippen LogP contribution < -0.4 is 5.73 Å². The van der Waals surface area contributed by atoms with Crippen molar-refractivity contribution < 1.29 is 0 Å². The number of hydrogen-bond acceptors (Lipinski definition) is 1. The summed E-state index contributed by atoms with van der Waals surface area (Å²) in [6.45, 7) is 2.29. The lowest BCUT2D eigenvalue weighted by molar-refractivity contribution is 0.554. The normalized spacial score (nSPS) is 35.2. The van der Waals surface area contributed by atoms with Gasteiger partial charge in [0.15, 0.2) is 0 Å². The van der Waals surface area contributed by atoms with E-state index in [2.05, 4.69) is 19.1 Å². The van der Waals surface area contributed by atoms with Gasteiger partial charge in [-0.05, 0) is 42.7 Å². The van der Waals surface area contributed by atoms with Gasteiger partial charge < -0.3 is 5.73 Å². The molecule has 66 valence electrons. The lowest BCUT2D eigenvalue weighted by Gasteiger charge is -2.27. The van der Waals surface area contributed by atoms with Crippen molar-refractivity contribution in [1.29, 1.82) is 0 Å². The van der Waals surface area contributed by atoms with E-state index in [9.17, 15) is 0 Å². The van der Waals surface area contributed by atoms with Gasteiger partial charge in [-0.3, -0.25) is 0 Å². The van der Waals surface area contributed by atoms with E-state index in [-0.39, 0.29) is 0 Å². The van der Waals surface area contributed by atoms with Crippen LogP contribution in [0.1, 0.15) is 32.6 Å². The van der Waals surface area contributed by atoms with Crippen molar-refractivity contribution in [2.75, 3.05) is 0 Å². The molecule has 1 nitrogen and oxygen atoms in total. The first-order valence-electron chi connectivity index (χ1n) is 4.91. The number of allylic oxidation sites excluding steroid dienone is 3. The molecule has 0 spiro atoms. The van der Waals surface area contributed by atoms with Gasteiger partial charge in [0.2, 0.25) is 0 Å². The molecule has 1 unspecified atom stereocenters. The maximum atomic E-state index is 5.91. The van der Waals surface area contributed by atoms with Gasteiger partial charge in [0, 0.05) is 6.04 Å². The van der Waals surface area contributed by atoms with E-state index in [1.54, 1.807) is 5.57 Å². The second-order valence-electron chi connectivity index (χ2n) is 4.14. The summed E-state index contributed by atoms with van der Waals surface area (Å²) in [5, 5.41) is 0. The number of fused-ring (bicyclic) bond motifs is 1. The largest absolute Gasteiger partial charge is 0.327 e. The zero-order valence-corrected chi connectivity index (χ0v) is 7.72. The van der Waals surface area contributed by atoms with Crippen molar-refractivity contribution in [1.82, 2.24) is 0 Å². The molecule has 1 fully saturated rings. The molecule has 2 aliphatic carbocycles. The molecule has 2 atom stereocenters. The van der Waals surface area contributed by atoms with Crippen LogP contribution in [0.4, 0.5) is 0 Å². The first-order valence-corrected chi connectivity index (χ1v) is 4.91. The molecular formula is C11H17N. The molecule has 0 amide bonds. The average molecular weight is 163 g/mol. The van der Waals surface area contributed by atoms with Gasteiger partial charge in [-0.25, -0.2) is 0 Å². The van der Waals surface area contributed by atoms with Gasteiger partial charge >= 0.3 is 0 Å². The van der Waals surface area contributed by atoms with Gasteiger partial charge in [-0.2, -0.15) is 0 Å². The molecule has 2 N–H and O–H groups in total. The Morgan fingerprint density at radius 1 is 1.42 bits per heavy atom. The minimum Gasteiger partial charge on any atom is -0.327 e. The SMILES string of the molecule is C[C@H]1C=C2CCC(N)CC2=CC1. The Bertz CT molecular complexity index is 237.